The van der Waals surface area contributed by atoms with E-state index >= 15 is 0 Å². The molecule has 200 valence electrons. The molecule has 9 nitrogen and oxygen atoms in total. The molecule has 0 aliphatic carbocycles. The van der Waals surface area contributed by atoms with E-state index in [1.165, 1.54) is 9.70 Å². The molecule has 0 aliphatic heterocycles. The largest absolute Gasteiger partial charge is 0.350 e. The van der Waals surface area contributed by atoms with E-state index in [-0.39, 0.29) is 18.4 Å². The number of amides is 2. The Kier molecular flexibility index (Phi) is 8.01. The van der Waals surface area contributed by atoms with E-state index in [4.69, 9.17) is 0 Å². The van der Waals surface area contributed by atoms with Gasteiger partial charge in [-0.05, 0) is 54.0 Å². The molecular formula is C31H29N7O2. The lowest BCUT2D eigenvalue weighted by molar-refractivity contribution is -0.127. The number of aromatic nitrogens is 5. The number of hydrogen-bond donors (Lipinski definition) is 1. The number of para-hydroxylation sites is 1. The maximum atomic E-state index is 14.1. The number of tetrazole rings is 1. The van der Waals surface area contributed by atoms with E-state index in [0.717, 1.165) is 22.3 Å². The Morgan fingerprint density at radius 3 is 2.30 bits per heavy atom. The molecule has 0 radical (unpaired) electrons. The first-order valence-electron chi connectivity index (χ1n) is 12.9. The maximum Gasteiger partial charge on any atom is 0.251 e. The summed E-state index contributed by atoms with van der Waals surface area (Å²) in [5.74, 6) is -0.265. The first-order chi connectivity index (χ1) is 19.5. The molecule has 0 bridgehead atoms. The van der Waals surface area contributed by atoms with Crippen molar-refractivity contribution in [3.63, 3.8) is 0 Å². The third-order valence-electron chi connectivity index (χ3n) is 6.52. The van der Waals surface area contributed by atoms with Crippen LogP contribution in [0.25, 0.3) is 11.4 Å². The summed E-state index contributed by atoms with van der Waals surface area (Å²) in [7, 11) is 0. The molecule has 3 aromatic carbocycles. The summed E-state index contributed by atoms with van der Waals surface area (Å²) in [6, 6.07) is 27.4. The molecule has 2 amide bonds. The van der Waals surface area contributed by atoms with E-state index in [2.05, 4.69) is 25.7 Å². The summed E-state index contributed by atoms with van der Waals surface area (Å²) in [6.45, 7) is 4.02. The first kappa shape index (κ1) is 26.4. The number of carbonyl (C=O) groups excluding carboxylic acids is 2. The van der Waals surface area contributed by atoms with E-state index in [0.29, 0.717) is 23.6 Å². The topological polar surface area (TPSA) is 106 Å². The van der Waals surface area contributed by atoms with Crippen LogP contribution < -0.4 is 10.2 Å². The van der Waals surface area contributed by atoms with Crippen molar-refractivity contribution < 1.29 is 9.59 Å². The Bertz CT molecular complexity index is 1590. The van der Waals surface area contributed by atoms with Crippen molar-refractivity contribution in [1.29, 1.82) is 0 Å². The quantitative estimate of drug-likeness (QED) is 0.301. The minimum atomic E-state index is -0.958. The van der Waals surface area contributed by atoms with Gasteiger partial charge in [0.15, 0.2) is 0 Å². The van der Waals surface area contributed by atoms with Gasteiger partial charge in [-0.1, -0.05) is 78.4 Å². The van der Waals surface area contributed by atoms with Gasteiger partial charge in [0, 0.05) is 30.2 Å². The normalized spacial score (nSPS) is 11.6. The molecule has 0 saturated carbocycles. The molecule has 0 spiro atoms. The fourth-order valence-corrected chi connectivity index (χ4v) is 4.42. The van der Waals surface area contributed by atoms with Crippen LogP contribution in [0.5, 0.6) is 0 Å². The summed E-state index contributed by atoms with van der Waals surface area (Å²) in [4.78, 5) is 34.8. The average molecular weight is 532 g/mol. The summed E-state index contributed by atoms with van der Waals surface area (Å²) in [5.41, 5.74) is 4.96. The highest BCUT2D eigenvalue weighted by atomic mass is 16.2. The molecular weight excluding hydrogens is 502 g/mol. The molecule has 1 N–H and O–H groups in total. The second kappa shape index (κ2) is 12.1. The standard InChI is InChI=1S/C31H29N7O2/c1-22-12-14-26(15-13-22)30-34-36-37(35-30)21-28(39)38(27-11-7-6-8-23(27)2)29(25-16-18-32-19-17-25)31(40)33-20-24-9-4-3-5-10-24/h3-19,29H,20-21H2,1-2H3,(H,33,40)/t29-/m0/s1. The molecule has 0 aliphatic rings. The Labute approximate surface area is 232 Å². The predicted octanol–water partition coefficient (Wildman–Crippen LogP) is 4.44. The molecule has 0 fully saturated rings. The lowest BCUT2D eigenvalue weighted by atomic mass is 10.0. The lowest BCUT2D eigenvalue weighted by Crippen LogP contribution is -2.45. The van der Waals surface area contributed by atoms with Gasteiger partial charge < -0.3 is 5.32 Å². The monoisotopic (exact) mass is 531 g/mol. The molecule has 0 unspecified atom stereocenters. The van der Waals surface area contributed by atoms with Crippen molar-refractivity contribution in [2.24, 2.45) is 0 Å². The maximum absolute atomic E-state index is 14.1. The number of nitrogens with one attached hydrogen (secondary N) is 1. The Balaban J connectivity index is 1.49. The molecule has 40 heavy (non-hydrogen) atoms. The number of rotatable bonds is 9. The number of hydrogen-bond acceptors (Lipinski definition) is 6. The highest BCUT2D eigenvalue weighted by Crippen LogP contribution is 2.30. The van der Waals surface area contributed by atoms with Crippen molar-refractivity contribution in [2.45, 2.75) is 33.0 Å². The van der Waals surface area contributed by atoms with Crippen molar-refractivity contribution in [3.05, 3.63) is 126 Å². The molecule has 2 heterocycles. The molecule has 1 atom stereocenters. The number of aryl methyl sites for hydroxylation is 2. The van der Waals surface area contributed by atoms with Gasteiger partial charge in [-0.25, -0.2) is 0 Å². The second-order valence-electron chi connectivity index (χ2n) is 9.45. The Morgan fingerprint density at radius 2 is 1.57 bits per heavy atom. The zero-order valence-corrected chi connectivity index (χ0v) is 22.3. The van der Waals surface area contributed by atoms with E-state index in [9.17, 15) is 9.59 Å². The van der Waals surface area contributed by atoms with Crippen LogP contribution in [-0.4, -0.2) is 37.0 Å². The van der Waals surface area contributed by atoms with Crippen LogP contribution in [0.3, 0.4) is 0 Å². The number of nitrogens with zero attached hydrogens (tertiary/aromatic N) is 6. The van der Waals surface area contributed by atoms with Crippen molar-refractivity contribution in [3.8, 4) is 11.4 Å². The van der Waals surface area contributed by atoms with Gasteiger partial charge in [0.05, 0.1) is 0 Å². The average Bonchev–Trinajstić information content (AvgIpc) is 3.45. The number of carbonyl (C=O) groups is 2. The van der Waals surface area contributed by atoms with Gasteiger partial charge >= 0.3 is 0 Å². The molecule has 2 aromatic heterocycles. The Morgan fingerprint density at radius 1 is 0.875 bits per heavy atom. The van der Waals surface area contributed by atoms with E-state index < -0.39 is 6.04 Å². The zero-order chi connectivity index (χ0) is 27.9. The van der Waals surface area contributed by atoms with Gasteiger partial charge in [0.1, 0.15) is 12.6 Å². The molecule has 0 saturated heterocycles. The van der Waals surface area contributed by atoms with Gasteiger partial charge in [-0.2, -0.15) is 4.80 Å². The van der Waals surface area contributed by atoms with Gasteiger partial charge in [-0.3, -0.25) is 19.5 Å². The number of benzene rings is 3. The summed E-state index contributed by atoms with van der Waals surface area (Å²) >= 11 is 0. The minimum absolute atomic E-state index is 0.208. The SMILES string of the molecule is Cc1ccc(-c2nnn(CC(=O)N(c3ccccc3C)[C@H](C(=O)NCc3ccccc3)c3ccncc3)n2)cc1. The fraction of sp³-hybridized carbons (Fsp3) is 0.161. The summed E-state index contributed by atoms with van der Waals surface area (Å²) in [6.07, 6.45) is 3.22. The van der Waals surface area contributed by atoms with Crippen LogP contribution in [0.15, 0.2) is 103 Å². The third-order valence-corrected chi connectivity index (χ3v) is 6.52. The van der Waals surface area contributed by atoms with E-state index in [1.807, 2.05) is 92.7 Å². The summed E-state index contributed by atoms with van der Waals surface area (Å²) < 4.78 is 0. The molecule has 5 aromatic rings. The van der Waals surface area contributed by atoms with E-state index in [1.54, 1.807) is 24.5 Å². The predicted molar refractivity (Wildman–Crippen MR) is 152 cm³/mol. The third kappa shape index (κ3) is 6.10. The van der Waals surface area contributed by atoms with Gasteiger partial charge in [0.25, 0.3) is 5.91 Å². The van der Waals surface area contributed by atoms with Crippen molar-refractivity contribution in [1.82, 2.24) is 30.5 Å². The number of pyridine rings is 1. The second-order valence-corrected chi connectivity index (χ2v) is 9.45. The van der Waals surface area contributed by atoms with Crippen LogP contribution in [-0.2, 0) is 22.7 Å². The van der Waals surface area contributed by atoms with Crippen LogP contribution in [0.2, 0.25) is 0 Å². The zero-order valence-electron chi connectivity index (χ0n) is 22.3. The van der Waals surface area contributed by atoms with Crippen LogP contribution in [0.1, 0.15) is 28.3 Å². The molecule has 5 rings (SSSR count). The lowest BCUT2D eigenvalue weighted by Gasteiger charge is -2.32. The van der Waals surface area contributed by atoms with Crippen LogP contribution in [0.4, 0.5) is 5.69 Å². The smallest absolute Gasteiger partial charge is 0.251 e. The van der Waals surface area contributed by atoms with Gasteiger partial charge in [-0.15, -0.1) is 10.2 Å². The fourth-order valence-electron chi connectivity index (χ4n) is 4.42. The summed E-state index contributed by atoms with van der Waals surface area (Å²) in [5, 5.41) is 15.7. The van der Waals surface area contributed by atoms with Crippen LogP contribution >= 0.6 is 0 Å². The van der Waals surface area contributed by atoms with Crippen molar-refractivity contribution >= 4 is 17.5 Å². The van der Waals surface area contributed by atoms with Gasteiger partial charge in [0.2, 0.25) is 11.7 Å². The van der Waals surface area contributed by atoms with Crippen molar-refractivity contribution in [2.75, 3.05) is 4.90 Å². The minimum Gasteiger partial charge on any atom is -0.350 e. The van der Waals surface area contributed by atoms with Crippen LogP contribution in [0, 0.1) is 13.8 Å². The molecule has 9 heteroatoms. The highest BCUT2D eigenvalue weighted by molar-refractivity contribution is 6.01. The first-order valence-corrected chi connectivity index (χ1v) is 12.9. The highest BCUT2D eigenvalue weighted by Gasteiger charge is 2.34. The Hall–Kier alpha value is -5.18. The number of anilines is 1.